The van der Waals surface area contributed by atoms with Crippen molar-refractivity contribution in [2.24, 2.45) is 11.7 Å². The lowest BCUT2D eigenvalue weighted by Crippen LogP contribution is -2.48. The molecule has 3 N–H and O–H groups in total. The largest absolute Gasteiger partial charge is 0.368 e. The lowest BCUT2D eigenvalue weighted by atomic mass is 9.98. The molecule has 1 aromatic rings. The highest BCUT2D eigenvalue weighted by Gasteiger charge is 2.23. The highest BCUT2D eigenvalue weighted by atomic mass is 19.1. The predicted molar refractivity (Wildman–Crippen MR) is 70.7 cm³/mol. The maximum Gasteiger partial charge on any atom is 0.240 e. The molecule has 0 aromatic heterocycles. The van der Waals surface area contributed by atoms with E-state index in [9.17, 15) is 14.0 Å². The third-order valence-electron chi connectivity index (χ3n) is 3.11. The molecule has 104 valence electrons. The van der Waals surface area contributed by atoms with Gasteiger partial charge in [0.15, 0.2) is 0 Å². The van der Waals surface area contributed by atoms with Gasteiger partial charge in [0.05, 0.1) is 6.42 Å². The molecule has 19 heavy (non-hydrogen) atoms. The normalized spacial score (nSPS) is 13.6. The minimum Gasteiger partial charge on any atom is -0.368 e. The highest BCUT2D eigenvalue weighted by Crippen LogP contribution is 2.08. The van der Waals surface area contributed by atoms with E-state index in [4.69, 9.17) is 5.73 Å². The first-order valence-electron chi connectivity index (χ1n) is 6.27. The number of amides is 2. The first kappa shape index (κ1) is 15.1. The minimum absolute atomic E-state index is 0.0188. The Hall–Kier alpha value is -1.91. The summed E-state index contributed by atoms with van der Waals surface area (Å²) in [6, 6.07) is 5.00. The van der Waals surface area contributed by atoms with Crippen LogP contribution in [0.1, 0.15) is 25.8 Å². The zero-order valence-electron chi connectivity index (χ0n) is 11.2. The summed E-state index contributed by atoms with van der Waals surface area (Å²) in [4.78, 5) is 23.1. The summed E-state index contributed by atoms with van der Waals surface area (Å²) in [5.74, 6) is -1.20. The smallest absolute Gasteiger partial charge is 0.240 e. The standard InChI is InChI=1S/C14H19FN2O2/c1-3-9(2)13(14(16)19)17-12(18)8-10-4-6-11(15)7-5-10/h4-7,9,13H,3,8H2,1-2H3,(H2,16,19)(H,17,18)/t9-,13-/m1/s1. The van der Waals surface area contributed by atoms with Gasteiger partial charge in [-0.15, -0.1) is 0 Å². The van der Waals surface area contributed by atoms with Crippen molar-refractivity contribution in [1.82, 2.24) is 5.32 Å². The van der Waals surface area contributed by atoms with Crippen LogP contribution in [0.5, 0.6) is 0 Å². The molecule has 0 fully saturated rings. The Morgan fingerprint density at radius 3 is 2.37 bits per heavy atom. The van der Waals surface area contributed by atoms with E-state index in [1.807, 2.05) is 13.8 Å². The minimum atomic E-state index is -0.669. The number of carbonyl (C=O) groups is 2. The molecule has 0 saturated heterocycles. The van der Waals surface area contributed by atoms with E-state index in [2.05, 4.69) is 5.32 Å². The number of hydrogen-bond acceptors (Lipinski definition) is 2. The maximum atomic E-state index is 12.7. The topological polar surface area (TPSA) is 72.2 Å². The number of primary amides is 1. The Morgan fingerprint density at radius 2 is 1.89 bits per heavy atom. The first-order chi connectivity index (χ1) is 8.93. The van der Waals surface area contributed by atoms with Crippen LogP contribution in [-0.2, 0) is 16.0 Å². The van der Waals surface area contributed by atoms with Crippen LogP contribution in [-0.4, -0.2) is 17.9 Å². The van der Waals surface area contributed by atoms with Gasteiger partial charge in [-0.05, 0) is 23.6 Å². The fourth-order valence-electron chi connectivity index (χ4n) is 1.74. The molecule has 0 aliphatic rings. The molecule has 0 radical (unpaired) electrons. The van der Waals surface area contributed by atoms with E-state index in [1.165, 1.54) is 24.3 Å². The zero-order valence-corrected chi connectivity index (χ0v) is 11.2. The van der Waals surface area contributed by atoms with Crippen LogP contribution in [0.3, 0.4) is 0 Å². The fraction of sp³-hybridized carbons (Fsp3) is 0.429. The van der Waals surface area contributed by atoms with Crippen LogP contribution < -0.4 is 11.1 Å². The summed E-state index contributed by atoms with van der Waals surface area (Å²) in [5, 5.41) is 2.62. The fourth-order valence-corrected chi connectivity index (χ4v) is 1.74. The number of nitrogens with two attached hydrogens (primary N) is 1. The predicted octanol–water partition coefficient (Wildman–Crippen LogP) is 1.38. The molecule has 0 aliphatic heterocycles. The molecule has 5 heteroatoms. The summed E-state index contributed by atoms with van der Waals surface area (Å²) in [6.45, 7) is 3.78. The molecule has 2 atom stereocenters. The van der Waals surface area contributed by atoms with Crippen LogP contribution in [0.15, 0.2) is 24.3 Å². The van der Waals surface area contributed by atoms with Crippen LogP contribution >= 0.6 is 0 Å². The molecule has 0 unspecified atom stereocenters. The summed E-state index contributed by atoms with van der Waals surface area (Å²) in [5.41, 5.74) is 5.96. The number of carbonyl (C=O) groups excluding carboxylic acids is 2. The average Bonchev–Trinajstić information content (AvgIpc) is 2.37. The van der Waals surface area contributed by atoms with E-state index < -0.39 is 11.9 Å². The number of benzene rings is 1. The SMILES string of the molecule is CC[C@@H](C)[C@@H](NC(=O)Cc1ccc(F)cc1)C(N)=O. The third kappa shape index (κ3) is 4.69. The second-order valence-corrected chi connectivity index (χ2v) is 4.64. The second-order valence-electron chi connectivity index (χ2n) is 4.64. The Labute approximate surface area is 112 Å². The van der Waals surface area contributed by atoms with E-state index in [0.717, 1.165) is 6.42 Å². The van der Waals surface area contributed by atoms with Crippen LogP contribution in [0.4, 0.5) is 4.39 Å². The summed E-state index contributed by atoms with van der Waals surface area (Å²) in [7, 11) is 0. The molecule has 1 rings (SSSR count). The lowest BCUT2D eigenvalue weighted by molar-refractivity contribution is -0.128. The Bertz CT molecular complexity index is 445. The third-order valence-corrected chi connectivity index (χ3v) is 3.11. The monoisotopic (exact) mass is 266 g/mol. The first-order valence-corrected chi connectivity index (χ1v) is 6.27. The van der Waals surface area contributed by atoms with E-state index in [-0.39, 0.29) is 24.1 Å². The lowest BCUT2D eigenvalue weighted by Gasteiger charge is -2.21. The number of nitrogens with one attached hydrogen (secondary N) is 1. The van der Waals surface area contributed by atoms with Gasteiger partial charge in [0.1, 0.15) is 11.9 Å². The molecule has 0 bridgehead atoms. The van der Waals surface area contributed by atoms with Crippen molar-refractivity contribution in [3.8, 4) is 0 Å². The Kier molecular flexibility index (Phi) is 5.48. The molecule has 0 spiro atoms. The van der Waals surface area contributed by atoms with Crippen LogP contribution in [0, 0.1) is 11.7 Å². The maximum absolute atomic E-state index is 12.7. The summed E-state index contributed by atoms with van der Waals surface area (Å²) in [6.07, 6.45) is 0.838. The number of rotatable bonds is 6. The molecule has 1 aromatic carbocycles. The second kappa shape index (κ2) is 6.87. The number of halogens is 1. The molecule has 2 amide bonds. The molecule has 0 aliphatic carbocycles. The van der Waals surface area contributed by atoms with Crippen molar-refractivity contribution in [2.45, 2.75) is 32.7 Å². The van der Waals surface area contributed by atoms with Gasteiger partial charge in [-0.25, -0.2) is 4.39 Å². The molecule has 0 saturated carbocycles. The average molecular weight is 266 g/mol. The van der Waals surface area contributed by atoms with E-state index >= 15 is 0 Å². The zero-order chi connectivity index (χ0) is 14.4. The summed E-state index contributed by atoms with van der Waals surface area (Å²) < 4.78 is 12.7. The van der Waals surface area contributed by atoms with Gasteiger partial charge in [0, 0.05) is 0 Å². The Morgan fingerprint density at radius 1 is 1.32 bits per heavy atom. The molecule has 0 heterocycles. The quantitative estimate of drug-likeness (QED) is 0.816. The van der Waals surface area contributed by atoms with E-state index in [1.54, 1.807) is 0 Å². The van der Waals surface area contributed by atoms with Crippen molar-refractivity contribution in [2.75, 3.05) is 0 Å². The van der Waals surface area contributed by atoms with Crippen molar-refractivity contribution in [3.05, 3.63) is 35.6 Å². The molecule has 4 nitrogen and oxygen atoms in total. The van der Waals surface area contributed by atoms with Gasteiger partial charge in [-0.1, -0.05) is 32.4 Å². The van der Waals surface area contributed by atoms with Gasteiger partial charge >= 0.3 is 0 Å². The van der Waals surface area contributed by atoms with Crippen molar-refractivity contribution < 1.29 is 14.0 Å². The van der Waals surface area contributed by atoms with Gasteiger partial charge in [-0.3, -0.25) is 9.59 Å². The van der Waals surface area contributed by atoms with Crippen molar-refractivity contribution in [3.63, 3.8) is 0 Å². The molecular weight excluding hydrogens is 247 g/mol. The van der Waals surface area contributed by atoms with E-state index in [0.29, 0.717) is 5.56 Å². The van der Waals surface area contributed by atoms with Gasteiger partial charge in [0.25, 0.3) is 0 Å². The van der Waals surface area contributed by atoms with Gasteiger partial charge in [-0.2, -0.15) is 0 Å². The van der Waals surface area contributed by atoms with Crippen molar-refractivity contribution in [1.29, 1.82) is 0 Å². The van der Waals surface area contributed by atoms with Crippen molar-refractivity contribution >= 4 is 11.8 Å². The van der Waals surface area contributed by atoms with Crippen LogP contribution in [0.25, 0.3) is 0 Å². The van der Waals surface area contributed by atoms with Gasteiger partial charge < -0.3 is 11.1 Å². The Balaban J connectivity index is 2.62. The number of hydrogen-bond donors (Lipinski definition) is 2. The summed E-state index contributed by atoms with van der Waals surface area (Å²) >= 11 is 0. The van der Waals surface area contributed by atoms with Gasteiger partial charge in [0.2, 0.25) is 11.8 Å². The molecular formula is C14H19FN2O2. The van der Waals surface area contributed by atoms with Crippen LogP contribution in [0.2, 0.25) is 0 Å². The highest BCUT2D eigenvalue weighted by molar-refractivity contribution is 5.87.